The Bertz CT molecular complexity index is 1500. The van der Waals surface area contributed by atoms with Gasteiger partial charge in [0.05, 0.1) is 5.69 Å². The molecule has 0 radical (unpaired) electrons. The summed E-state index contributed by atoms with van der Waals surface area (Å²) in [5.41, 5.74) is -10.6. The molecule has 9 nitrogen and oxygen atoms in total. The van der Waals surface area contributed by atoms with Crippen molar-refractivity contribution in [2.75, 3.05) is 6.54 Å². The van der Waals surface area contributed by atoms with Crippen molar-refractivity contribution < 1.29 is 52.2 Å². The van der Waals surface area contributed by atoms with Gasteiger partial charge in [0.25, 0.3) is 0 Å². The van der Waals surface area contributed by atoms with E-state index in [1.165, 1.54) is 4.90 Å². The van der Waals surface area contributed by atoms with Gasteiger partial charge in [-0.25, -0.2) is 0 Å². The van der Waals surface area contributed by atoms with Crippen LogP contribution < -0.4 is 4.18 Å². The van der Waals surface area contributed by atoms with Crippen LogP contribution in [0.1, 0.15) is 29.7 Å². The number of aromatic nitrogens is 2. The fourth-order valence-electron chi connectivity index (χ4n) is 4.50. The van der Waals surface area contributed by atoms with Gasteiger partial charge >= 0.3 is 31.2 Å². The molecule has 0 bridgehead atoms. The third-order valence-corrected chi connectivity index (χ3v) is 9.33. The maximum atomic E-state index is 13.1. The zero-order valence-corrected chi connectivity index (χ0v) is 22.4. The van der Waals surface area contributed by atoms with Gasteiger partial charge < -0.3 is 9.08 Å². The van der Waals surface area contributed by atoms with E-state index in [1.807, 2.05) is 0 Å². The quantitative estimate of drug-likeness (QED) is 0.265. The van der Waals surface area contributed by atoms with Crippen molar-refractivity contribution in [3.63, 3.8) is 0 Å². The molecular weight excluding hydrogens is 627 g/mol. The SMILES string of the molecule is O=C1C(Cc2c(Cl)cc(OS(=O)(=O)C(F)(F)F)cc2Cl)CCN1C1CCc2cn(S(=O)(=O)C(F)(F)F)nc2C1. The molecule has 1 amide bonds. The number of rotatable bonds is 6. The van der Waals surface area contributed by atoms with Crippen molar-refractivity contribution in [1.29, 1.82) is 0 Å². The van der Waals surface area contributed by atoms with Crippen molar-refractivity contribution in [1.82, 2.24) is 14.1 Å². The Kier molecular flexibility index (Phi) is 7.62. The van der Waals surface area contributed by atoms with E-state index < -0.39 is 48.9 Å². The van der Waals surface area contributed by atoms with E-state index in [0.717, 1.165) is 18.3 Å². The van der Waals surface area contributed by atoms with E-state index in [0.29, 0.717) is 18.4 Å². The average Bonchev–Trinajstić information content (AvgIpc) is 3.37. The van der Waals surface area contributed by atoms with Crippen LogP contribution in [-0.4, -0.2) is 60.4 Å². The Morgan fingerprint density at radius 1 is 1.00 bits per heavy atom. The molecule has 1 fully saturated rings. The molecule has 1 saturated heterocycles. The molecule has 0 N–H and O–H groups in total. The van der Waals surface area contributed by atoms with Crippen LogP contribution in [0.2, 0.25) is 10.0 Å². The maximum absolute atomic E-state index is 13.1. The molecular formula is C20H17Cl2F6N3O6S2. The Balaban J connectivity index is 1.46. The molecule has 2 unspecified atom stereocenters. The summed E-state index contributed by atoms with van der Waals surface area (Å²) in [6.45, 7) is 0.269. The first-order valence-electron chi connectivity index (χ1n) is 11.0. The lowest BCUT2D eigenvalue weighted by Crippen LogP contribution is -2.41. The summed E-state index contributed by atoms with van der Waals surface area (Å²) in [5, 5.41) is 3.16. The van der Waals surface area contributed by atoms with Gasteiger partial charge in [-0.2, -0.15) is 52.4 Å². The number of nitrogens with zero attached hydrogens (tertiary/aromatic N) is 3. The normalized spacial score (nSPS) is 20.8. The Hall–Kier alpha value is -2.24. The van der Waals surface area contributed by atoms with Crippen LogP contribution in [-0.2, 0) is 44.2 Å². The number of aryl methyl sites for hydroxylation is 1. The summed E-state index contributed by atoms with van der Waals surface area (Å²) in [4.78, 5) is 14.7. The van der Waals surface area contributed by atoms with Gasteiger partial charge in [-0.3, -0.25) is 4.79 Å². The number of fused-ring (bicyclic) bond motifs is 1. The van der Waals surface area contributed by atoms with Crippen LogP contribution in [0.25, 0.3) is 0 Å². The zero-order valence-electron chi connectivity index (χ0n) is 19.3. The lowest BCUT2D eigenvalue weighted by molar-refractivity contribution is -0.133. The number of carbonyl (C=O) groups excluding carboxylic acids is 1. The molecule has 1 aromatic carbocycles. The molecule has 1 aliphatic heterocycles. The Morgan fingerprint density at radius 3 is 2.18 bits per heavy atom. The maximum Gasteiger partial charge on any atom is 0.534 e. The second-order valence-electron chi connectivity index (χ2n) is 8.89. The van der Waals surface area contributed by atoms with Crippen molar-refractivity contribution >= 4 is 49.3 Å². The molecule has 2 heterocycles. The molecule has 39 heavy (non-hydrogen) atoms. The topological polar surface area (TPSA) is 116 Å². The number of hydrogen-bond donors (Lipinski definition) is 0. The second kappa shape index (κ2) is 9.99. The highest BCUT2D eigenvalue weighted by molar-refractivity contribution is 7.90. The van der Waals surface area contributed by atoms with Crippen LogP contribution in [0.15, 0.2) is 18.3 Å². The first kappa shape index (κ1) is 29.7. The summed E-state index contributed by atoms with van der Waals surface area (Å²) in [5.74, 6) is -1.76. The molecule has 1 aromatic heterocycles. The van der Waals surface area contributed by atoms with Crippen LogP contribution in [0, 0.1) is 5.92 Å². The minimum Gasteiger partial charge on any atom is -0.376 e. The first-order chi connectivity index (χ1) is 17.8. The number of benzene rings is 1. The van der Waals surface area contributed by atoms with Crippen molar-refractivity contribution in [3.05, 3.63) is 45.2 Å². The minimum atomic E-state index is -5.96. The van der Waals surface area contributed by atoms with Crippen molar-refractivity contribution in [3.8, 4) is 5.75 Å². The summed E-state index contributed by atoms with van der Waals surface area (Å²) < 4.78 is 126. The first-order valence-corrected chi connectivity index (χ1v) is 14.6. The number of alkyl halides is 6. The highest BCUT2D eigenvalue weighted by atomic mass is 35.5. The van der Waals surface area contributed by atoms with Gasteiger partial charge in [0, 0.05) is 53.3 Å². The molecule has 1 aliphatic carbocycles. The van der Waals surface area contributed by atoms with E-state index in [1.54, 1.807) is 0 Å². The lowest BCUT2D eigenvalue weighted by Gasteiger charge is -2.30. The predicted molar refractivity (Wildman–Crippen MR) is 124 cm³/mol. The highest BCUT2D eigenvalue weighted by Gasteiger charge is 2.49. The van der Waals surface area contributed by atoms with Gasteiger partial charge in [0.1, 0.15) is 5.75 Å². The van der Waals surface area contributed by atoms with Crippen molar-refractivity contribution in [2.45, 2.75) is 49.2 Å². The zero-order chi connectivity index (χ0) is 29.1. The van der Waals surface area contributed by atoms with E-state index in [9.17, 15) is 48.0 Å². The number of likely N-dealkylation sites (tertiary alicyclic amines) is 1. The summed E-state index contributed by atoms with van der Waals surface area (Å²) in [6, 6.07) is 1.20. The lowest BCUT2D eigenvalue weighted by atomic mass is 9.92. The fraction of sp³-hybridized carbons (Fsp3) is 0.500. The van der Waals surface area contributed by atoms with Gasteiger partial charge in [-0.05, 0) is 36.8 Å². The molecule has 0 spiro atoms. The third kappa shape index (κ3) is 5.67. The number of hydrogen-bond acceptors (Lipinski definition) is 7. The number of halogens is 8. The summed E-state index contributed by atoms with van der Waals surface area (Å²) in [6.07, 6.45) is 1.70. The molecule has 2 aliphatic rings. The number of carbonyl (C=O) groups is 1. The van der Waals surface area contributed by atoms with Crippen LogP contribution in [0.4, 0.5) is 26.3 Å². The Morgan fingerprint density at radius 2 is 1.62 bits per heavy atom. The van der Waals surface area contributed by atoms with Gasteiger partial charge in [-0.15, -0.1) is 0 Å². The molecule has 19 heteroatoms. The molecule has 4 rings (SSSR count). The van der Waals surface area contributed by atoms with Gasteiger partial charge in [0.15, 0.2) is 0 Å². The standard InChI is InChI=1S/C20H17Cl2F6N3O6S2/c21-15-7-13(37-39(35,36)20(26,27)28)8-16(22)14(15)5-10-3-4-30(18(10)32)12-2-1-11-9-31(29-17(11)6-12)38(33,34)19(23,24)25/h7-10,12H,1-6H2. The molecule has 2 atom stereocenters. The van der Waals surface area contributed by atoms with E-state index >= 15 is 0 Å². The van der Waals surface area contributed by atoms with E-state index in [-0.39, 0.29) is 57.1 Å². The van der Waals surface area contributed by atoms with Gasteiger partial charge in [0.2, 0.25) is 5.91 Å². The van der Waals surface area contributed by atoms with Crippen molar-refractivity contribution in [2.24, 2.45) is 5.92 Å². The van der Waals surface area contributed by atoms with Crippen LogP contribution in [0.3, 0.4) is 0 Å². The van der Waals surface area contributed by atoms with E-state index in [2.05, 4.69) is 9.28 Å². The predicted octanol–water partition coefficient (Wildman–Crippen LogP) is 4.06. The Labute approximate surface area is 227 Å². The number of amides is 1. The highest BCUT2D eigenvalue weighted by Crippen LogP contribution is 2.37. The largest absolute Gasteiger partial charge is 0.534 e. The average molecular weight is 644 g/mol. The monoisotopic (exact) mass is 643 g/mol. The molecule has 2 aromatic rings. The smallest absolute Gasteiger partial charge is 0.376 e. The fourth-order valence-corrected chi connectivity index (χ4v) is 6.25. The summed E-state index contributed by atoms with van der Waals surface area (Å²) >= 11 is 12.2. The third-order valence-electron chi connectivity index (χ3n) is 6.42. The minimum absolute atomic E-state index is 0.0320. The summed E-state index contributed by atoms with van der Waals surface area (Å²) in [7, 11) is -11.6. The van der Waals surface area contributed by atoms with Gasteiger partial charge in [-0.1, -0.05) is 23.2 Å². The van der Waals surface area contributed by atoms with Crippen LogP contribution >= 0.6 is 23.2 Å². The second-order valence-corrected chi connectivity index (χ2v) is 13.0. The molecule has 0 saturated carbocycles. The van der Waals surface area contributed by atoms with E-state index in [4.69, 9.17) is 23.2 Å². The van der Waals surface area contributed by atoms with Crippen LogP contribution in [0.5, 0.6) is 5.75 Å². The molecule has 216 valence electrons.